The minimum atomic E-state index is -0.474. The monoisotopic (exact) mass is 393 g/mol. The van der Waals surface area contributed by atoms with Crippen molar-refractivity contribution >= 4 is 16.8 Å². The Labute approximate surface area is 165 Å². The lowest BCUT2D eigenvalue weighted by atomic mass is 10.0. The van der Waals surface area contributed by atoms with E-state index in [1.165, 1.54) is 25.3 Å². The topological polar surface area (TPSA) is 67.0 Å². The minimum Gasteiger partial charge on any atom is -0.497 e. The first kappa shape index (κ1) is 18.6. The van der Waals surface area contributed by atoms with E-state index in [1.54, 1.807) is 42.5 Å². The molecule has 4 aromatic rings. The number of carbonyl (C=O) groups is 1. The molecule has 0 saturated carbocycles. The summed E-state index contributed by atoms with van der Waals surface area (Å²) in [6.07, 6.45) is 0. The van der Waals surface area contributed by atoms with Gasteiger partial charge in [0.1, 0.15) is 23.1 Å². The molecule has 0 unspecified atom stereocenters. The maximum Gasteiger partial charge on any atom is 0.251 e. The molecule has 1 heterocycles. The highest BCUT2D eigenvalue weighted by atomic mass is 19.1. The summed E-state index contributed by atoms with van der Waals surface area (Å²) in [4.78, 5) is 12.4. The third-order valence-corrected chi connectivity index (χ3v) is 4.60. The Morgan fingerprint density at radius 3 is 2.72 bits per heavy atom. The molecule has 0 fully saturated rings. The quantitative estimate of drug-likeness (QED) is 0.527. The Hall–Kier alpha value is -3.74. The SMILES string of the molecule is COc1cccc(C(=O)NCc2cc3c(-c4cccc(F)c4)n[nH]c3cc2F)c1. The minimum absolute atomic E-state index is 0.00835. The summed E-state index contributed by atoms with van der Waals surface area (Å²) in [7, 11) is 1.52. The van der Waals surface area contributed by atoms with Gasteiger partial charge < -0.3 is 10.1 Å². The second-order valence-corrected chi connectivity index (χ2v) is 6.49. The number of aromatic amines is 1. The Kier molecular flexibility index (Phi) is 4.95. The van der Waals surface area contributed by atoms with Gasteiger partial charge in [-0.2, -0.15) is 5.10 Å². The number of ether oxygens (including phenoxy) is 1. The molecule has 0 aliphatic carbocycles. The van der Waals surface area contributed by atoms with Gasteiger partial charge in [-0.15, -0.1) is 0 Å². The number of fused-ring (bicyclic) bond motifs is 1. The van der Waals surface area contributed by atoms with Crippen LogP contribution in [0.3, 0.4) is 0 Å². The van der Waals surface area contributed by atoms with Crippen LogP contribution in [-0.4, -0.2) is 23.2 Å². The van der Waals surface area contributed by atoms with Crippen LogP contribution in [0.5, 0.6) is 5.75 Å². The number of hydrogen-bond acceptors (Lipinski definition) is 3. The fourth-order valence-electron chi connectivity index (χ4n) is 3.12. The van der Waals surface area contributed by atoms with Crippen LogP contribution in [-0.2, 0) is 6.54 Å². The fourth-order valence-corrected chi connectivity index (χ4v) is 3.12. The van der Waals surface area contributed by atoms with Gasteiger partial charge in [-0.25, -0.2) is 8.78 Å². The van der Waals surface area contributed by atoms with Gasteiger partial charge in [0.2, 0.25) is 0 Å². The van der Waals surface area contributed by atoms with Crippen molar-refractivity contribution in [2.75, 3.05) is 7.11 Å². The molecule has 0 aliphatic heterocycles. The molecule has 29 heavy (non-hydrogen) atoms. The maximum absolute atomic E-state index is 14.5. The molecule has 0 bridgehead atoms. The number of carbonyl (C=O) groups excluding carboxylic acids is 1. The molecule has 0 aliphatic rings. The van der Waals surface area contributed by atoms with E-state index in [9.17, 15) is 13.6 Å². The van der Waals surface area contributed by atoms with Crippen molar-refractivity contribution in [3.63, 3.8) is 0 Å². The summed E-state index contributed by atoms with van der Waals surface area (Å²) in [5, 5.41) is 10.3. The maximum atomic E-state index is 14.5. The second kappa shape index (κ2) is 7.71. The highest BCUT2D eigenvalue weighted by molar-refractivity contribution is 5.95. The number of nitrogens with zero attached hydrogens (tertiary/aromatic N) is 1. The predicted octanol–water partition coefficient (Wildman–Crippen LogP) is 4.45. The number of nitrogens with one attached hydrogen (secondary N) is 2. The Morgan fingerprint density at radius 1 is 1.10 bits per heavy atom. The first-order valence-electron chi connectivity index (χ1n) is 8.90. The number of H-pyrrole nitrogens is 1. The van der Waals surface area contributed by atoms with Gasteiger partial charge in [0, 0.05) is 28.6 Å². The van der Waals surface area contributed by atoms with Gasteiger partial charge in [-0.05, 0) is 42.5 Å². The smallest absolute Gasteiger partial charge is 0.251 e. The highest BCUT2D eigenvalue weighted by Crippen LogP contribution is 2.28. The Balaban J connectivity index is 1.61. The van der Waals surface area contributed by atoms with E-state index in [2.05, 4.69) is 15.5 Å². The fraction of sp³-hybridized carbons (Fsp3) is 0.0909. The van der Waals surface area contributed by atoms with Gasteiger partial charge in [0.25, 0.3) is 5.91 Å². The summed E-state index contributed by atoms with van der Waals surface area (Å²) >= 11 is 0. The molecule has 4 rings (SSSR count). The van der Waals surface area contributed by atoms with Crippen LogP contribution in [0.4, 0.5) is 8.78 Å². The number of benzene rings is 3. The van der Waals surface area contributed by atoms with Crippen LogP contribution in [0, 0.1) is 11.6 Å². The lowest BCUT2D eigenvalue weighted by Gasteiger charge is -2.08. The van der Waals surface area contributed by atoms with Crippen LogP contribution < -0.4 is 10.1 Å². The van der Waals surface area contributed by atoms with Crippen molar-refractivity contribution < 1.29 is 18.3 Å². The molecule has 0 spiro atoms. The van der Waals surface area contributed by atoms with E-state index in [4.69, 9.17) is 4.74 Å². The van der Waals surface area contributed by atoms with Gasteiger partial charge in [-0.1, -0.05) is 18.2 Å². The molecule has 0 radical (unpaired) electrons. The number of methoxy groups -OCH3 is 1. The molecule has 1 amide bonds. The van der Waals surface area contributed by atoms with Gasteiger partial charge >= 0.3 is 0 Å². The third kappa shape index (κ3) is 3.80. The molecular formula is C22H17F2N3O2. The summed E-state index contributed by atoms with van der Waals surface area (Å²) in [5.74, 6) is -0.645. The number of rotatable bonds is 5. The molecule has 0 saturated heterocycles. The van der Waals surface area contributed by atoms with Gasteiger partial charge in [0.15, 0.2) is 0 Å². The first-order chi connectivity index (χ1) is 14.0. The summed E-state index contributed by atoms with van der Waals surface area (Å²) in [6, 6.07) is 15.6. The van der Waals surface area contributed by atoms with E-state index in [1.807, 2.05) is 0 Å². The molecule has 146 valence electrons. The van der Waals surface area contributed by atoms with Gasteiger partial charge in [0.05, 0.1) is 12.6 Å². The molecule has 3 aromatic carbocycles. The Bertz CT molecular complexity index is 1200. The molecule has 2 N–H and O–H groups in total. The van der Waals surface area contributed by atoms with Crippen molar-refractivity contribution in [3.8, 4) is 17.0 Å². The van der Waals surface area contributed by atoms with Crippen molar-refractivity contribution in [1.82, 2.24) is 15.5 Å². The van der Waals surface area contributed by atoms with E-state index in [0.29, 0.717) is 39.0 Å². The molecule has 1 aromatic heterocycles. The zero-order valence-corrected chi connectivity index (χ0v) is 15.5. The number of halogens is 2. The molecule has 5 nitrogen and oxygen atoms in total. The molecule has 0 atom stereocenters. The van der Waals surface area contributed by atoms with Crippen molar-refractivity contribution in [3.05, 3.63) is 83.4 Å². The zero-order chi connectivity index (χ0) is 20.4. The van der Waals surface area contributed by atoms with Crippen molar-refractivity contribution in [1.29, 1.82) is 0 Å². The van der Waals surface area contributed by atoms with Crippen LogP contribution in [0.25, 0.3) is 22.2 Å². The molecule has 7 heteroatoms. The van der Waals surface area contributed by atoms with Crippen molar-refractivity contribution in [2.45, 2.75) is 6.54 Å². The Morgan fingerprint density at radius 2 is 1.93 bits per heavy atom. The summed E-state index contributed by atoms with van der Waals surface area (Å²) in [6.45, 7) is -0.00835. The summed E-state index contributed by atoms with van der Waals surface area (Å²) < 4.78 is 33.2. The summed E-state index contributed by atoms with van der Waals surface area (Å²) in [5.41, 5.74) is 2.29. The molecular weight excluding hydrogens is 376 g/mol. The van der Waals surface area contributed by atoms with Crippen LogP contribution in [0.2, 0.25) is 0 Å². The van der Waals surface area contributed by atoms with Crippen LogP contribution in [0.1, 0.15) is 15.9 Å². The lowest BCUT2D eigenvalue weighted by Crippen LogP contribution is -2.23. The van der Waals surface area contributed by atoms with Crippen LogP contribution in [0.15, 0.2) is 60.7 Å². The zero-order valence-electron chi connectivity index (χ0n) is 15.5. The van der Waals surface area contributed by atoms with E-state index < -0.39 is 5.82 Å². The van der Waals surface area contributed by atoms with E-state index in [0.717, 1.165) is 0 Å². The number of aromatic nitrogens is 2. The average molecular weight is 393 g/mol. The highest BCUT2D eigenvalue weighted by Gasteiger charge is 2.14. The normalized spacial score (nSPS) is 10.9. The third-order valence-electron chi connectivity index (χ3n) is 4.60. The van der Waals surface area contributed by atoms with Gasteiger partial charge in [-0.3, -0.25) is 9.89 Å². The van der Waals surface area contributed by atoms with E-state index >= 15 is 0 Å². The lowest BCUT2D eigenvalue weighted by molar-refractivity contribution is 0.0950. The average Bonchev–Trinajstić information content (AvgIpc) is 3.14. The standard InChI is InChI=1S/C22H17F2N3O2/c1-29-17-7-3-5-14(9-17)22(28)25-12-15-10-18-20(11-19(15)24)26-27-21(18)13-4-2-6-16(23)8-13/h2-11H,12H2,1H3,(H,25,28)(H,26,27). The van der Waals surface area contributed by atoms with Crippen LogP contribution >= 0.6 is 0 Å². The number of hydrogen-bond donors (Lipinski definition) is 2. The van der Waals surface area contributed by atoms with E-state index in [-0.39, 0.29) is 18.3 Å². The predicted molar refractivity (Wildman–Crippen MR) is 106 cm³/mol. The second-order valence-electron chi connectivity index (χ2n) is 6.49. The van der Waals surface area contributed by atoms with Crippen molar-refractivity contribution in [2.24, 2.45) is 0 Å². The largest absolute Gasteiger partial charge is 0.497 e. The number of amides is 1. The first-order valence-corrected chi connectivity index (χ1v) is 8.90.